The van der Waals surface area contributed by atoms with E-state index in [1.807, 2.05) is 34.6 Å². The molecule has 0 heterocycles. The minimum Gasteiger partial charge on any atom is -0.490 e. The molecule has 1 unspecified atom stereocenters. The van der Waals surface area contributed by atoms with Crippen molar-refractivity contribution in [3.05, 3.63) is 0 Å². The third-order valence-corrected chi connectivity index (χ3v) is 4.55. The van der Waals surface area contributed by atoms with Gasteiger partial charge in [-0.1, -0.05) is 20.8 Å². The van der Waals surface area contributed by atoms with Crippen molar-refractivity contribution in [2.75, 3.05) is 26.4 Å². The van der Waals surface area contributed by atoms with Crippen LogP contribution < -0.4 is 0 Å². The highest BCUT2D eigenvalue weighted by atomic mass is 31.2. The van der Waals surface area contributed by atoms with Gasteiger partial charge in [-0.05, 0) is 33.1 Å². The lowest BCUT2D eigenvalue weighted by Gasteiger charge is -2.24. The molecule has 0 bridgehead atoms. The highest BCUT2D eigenvalue weighted by Gasteiger charge is 2.24. The second-order valence-electron chi connectivity index (χ2n) is 5.04. The average Bonchev–Trinajstić information content (AvgIpc) is 2.62. The van der Waals surface area contributed by atoms with E-state index >= 15 is 0 Å². The Morgan fingerprint density at radius 3 is 1.31 bits per heavy atom. The Bertz CT molecular complexity index is 349. The summed E-state index contributed by atoms with van der Waals surface area (Å²) in [7, 11) is -0.614. The van der Waals surface area contributed by atoms with Gasteiger partial charge in [0.25, 0.3) is 0 Å². The van der Waals surface area contributed by atoms with E-state index in [0.717, 1.165) is 28.5 Å². The summed E-state index contributed by atoms with van der Waals surface area (Å²) in [6.45, 7) is 12.2. The van der Waals surface area contributed by atoms with Crippen LogP contribution in [0.1, 0.15) is 53.9 Å². The average molecular weight is 460 g/mol. The van der Waals surface area contributed by atoms with Crippen LogP contribution in [0, 0.1) is 0 Å². The van der Waals surface area contributed by atoms with Crippen LogP contribution in [0.4, 0.5) is 9.59 Å². The topological polar surface area (TPSA) is 130 Å². The number of hydrogen-bond acceptors (Lipinski definition) is 8. The molecule has 0 saturated heterocycles. The zero-order chi connectivity index (χ0) is 23.1. The molecule has 0 aromatic heterocycles. The molecule has 0 spiro atoms. The molecule has 14 heteroatoms. The smallest absolute Gasteiger partial charge is 0.335 e. The van der Waals surface area contributed by atoms with Gasteiger partial charge in [0.05, 0.1) is 26.4 Å². The maximum atomic E-state index is 9.00. The number of rotatable bonds is 15. The molecule has 0 aromatic rings. The maximum absolute atomic E-state index is 9.00. The van der Waals surface area contributed by atoms with Crippen LogP contribution in [0.25, 0.3) is 0 Å². The Morgan fingerprint density at radius 1 is 0.759 bits per heavy atom. The van der Waals surface area contributed by atoms with Crippen molar-refractivity contribution in [1.29, 1.82) is 0 Å². The van der Waals surface area contributed by atoms with Crippen LogP contribution in [-0.2, 0) is 27.1 Å². The summed E-state index contributed by atoms with van der Waals surface area (Å²) in [4.78, 5) is 18.0. The summed E-state index contributed by atoms with van der Waals surface area (Å²) >= 11 is 0. The van der Waals surface area contributed by atoms with E-state index in [4.69, 9.17) is 46.9 Å². The highest BCUT2D eigenvalue weighted by Crippen LogP contribution is 2.47. The van der Waals surface area contributed by atoms with E-state index in [1.165, 1.54) is 0 Å². The van der Waals surface area contributed by atoms with Crippen LogP contribution in [0.15, 0.2) is 0 Å². The molecule has 10 nitrogen and oxygen atoms in total. The van der Waals surface area contributed by atoms with Crippen LogP contribution in [0.5, 0.6) is 0 Å². The standard InChI is InChI=1S/C13H30O6P2.2CH3BO2/c1-6-11-16-21(17-12-7-2)19-13(8-3)18-20(14-9-4)15-10-5;2*2-1(3)4/h13H,6-12H2,1-5H3;2*2H2,(H,3,4). The molecule has 0 fully saturated rings. The minimum absolute atomic E-state index is 0.450. The lowest BCUT2D eigenvalue weighted by atomic mass is 10.2. The van der Waals surface area contributed by atoms with Crippen LogP contribution >= 0.6 is 17.2 Å². The SMILES string of the molecule is BC(=O)O.BC(=O)O.CCCOP(OCCC)OC(CC)OP(OCC)OCC. The quantitative estimate of drug-likeness (QED) is 0.212. The van der Waals surface area contributed by atoms with E-state index < -0.39 is 35.2 Å². The normalized spacial score (nSPS) is 11.3. The summed E-state index contributed by atoms with van der Waals surface area (Å²) in [5.74, 6) is -1.67. The van der Waals surface area contributed by atoms with Gasteiger partial charge in [-0.15, -0.1) is 0 Å². The predicted molar refractivity (Wildman–Crippen MR) is 119 cm³/mol. The van der Waals surface area contributed by atoms with Crippen molar-refractivity contribution < 1.29 is 46.9 Å². The Balaban J connectivity index is -0.000000712. The fourth-order valence-electron chi connectivity index (χ4n) is 1.10. The lowest BCUT2D eigenvalue weighted by Crippen LogP contribution is -2.14. The maximum Gasteiger partial charge on any atom is 0.335 e. The largest absolute Gasteiger partial charge is 0.490 e. The molecule has 0 saturated carbocycles. The van der Waals surface area contributed by atoms with Crippen molar-refractivity contribution in [3.8, 4) is 0 Å². The van der Waals surface area contributed by atoms with E-state index in [0.29, 0.717) is 32.8 Å². The van der Waals surface area contributed by atoms with Crippen molar-refractivity contribution in [2.24, 2.45) is 0 Å². The van der Waals surface area contributed by atoms with Gasteiger partial charge in [-0.3, -0.25) is 18.6 Å². The second kappa shape index (κ2) is 25.7. The summed E-state index contributed by atoms with van der Waals surface area (Å²) in [5, 5.41) is 14.8. The molecule has 172 valence electrons. The Kier molecular flexibility index (Phi) is 29.6. The summed E-state index contributed by atoms with van der Waals surface area (Å²) in [6.07, 6.45) is 2.05. The van der Waals surface area contributed by atoms with E-state index in [-0.39, 0.29) is 0 Å². The van der Waals surface area contributed by atoms with Gasteiger partial charge in [-0.2, -0.15) is 0 Å². The Morgan fingerprint density at radius 2 is 1.07 bits per heavy atom. The van der Waals surface area contributed by atoms with Gasteiger partial charge in [0, 0.05) is 0 Å². The molecule has 0 aliphatic rings. The summed E-state index contributed by atoms with van der Waals surface area (Å²) in [5.41, 5.74) is 0. The summed E-state index contributed by atoms with van der Waals surface area (Å²) in [6, 6.07) is 0. The predicted octanol–water partition coefficient (Wildman–Crippen LogP) is 3.73. The Labute approximate surface area is 178 Å². The van der Waals surface area contributed by atoms with Gasteiger partial charge in [0.1, 0.15) is 0 Å². The van der Waals surface area contributed by atoms with E-state index in [9.17, 15) is 0 Å². The van der Waals surface area contributed by atoms with Gasteiger partial charge < -0.3 is 28.3 Å². The second-order valence-corrected chi connectivity index (χ2v) is 7.38. The van der Waals surface area contributed by atoms with Gasteiger partial charge in [0.2, 0.25) is 27.4 Å². The van der Waals surface area contributed by atoms with Crippen molar-refractivity contribution in [1.82, 2.24) is 0 Å². The summed E-state index contributed by atoms with van der Waals surface area (Å²) < 4.78 is 33.5. The van der Waals surface area contributed by atoms with Crippen LogP contribution in [-0.4, -0.2) is 70.4 Å². The van der Waals surface area contributed by atoms with Crippen molar-refractivity contribution in [3.63, 3.8) is 0 Å². The fourth-order valence-corrected chi connectivity index (χ4v) is 3.41. The molecule has 2 N–H and O–H groups in total. The molecule has 0 aliphatic heterocycles. The number of carbonyl (C=O) groups is 2. The number of hydrogen-bond donors (Lipinski definition) is 2. The van der Waals surface area contributed by atoms with Gasteiger partial charge in [0.15, 0.2) is 6.29 Å². The minimum atomic E-state index is -1.39. The van der Waals surface area contributed by atoms with Gasteiger partial charge >= 0.3 is 17.2 Å². The zero-order valence-electron chi connectivity index (χ0n) is 18.6. The molecule has 0 radical (unpaired) electrons. The molecule has 0 amide bonds. The molecule has 1 atom stereocenters. The molecule has 0 aliphatic carbocycles. The van der Waals surface area contributed by atoms with Crippen LogP contribution in [0.2, 0.25) is 0 Å². The molecule has 0 rings (SSSR count). The zero-order valence-corrected chi connectivity index (χ0v) is 20.4. The third kappa shape index (κ3) is 32.6. The third-order valence-electron chi connectivity index (χ3n) is 2.01. The monoisotopic (exact) mass is 460 g/mol. The molecular weight excluding hydrogens is 424 g/mol. The van der Waals surface area contributed by atoms with Crippen LogP contribution in [0.3, 0.4) is 0 Å². The first-order chi connectivity index (χ1) is 13.7. The first-order valence-corrected chi connectivity index (χ1v) is 11.7. The lowest BCUT2D eigenvalue weighted by molar-refractivity contribution is -0.0304. The number of carboxylic acid groups (broad SMARTS) is 2. The Hall–Kier alpha value is -0.310. The van der Waals surface area contributed by atoms with E-state index in [2.05, 4.69) is 0 Å². The van der Waals surface area contributed by atoms with Crippen molar-refractivity contribution in [2.45, 2.75) is 60.2 Å². The highest BCUT2D eigenvalue weighted by molar-refractivity contribution is 7.42. The van der Waals surface area contributed by atoms with E-state index in [1.54, 1.807) is 0 Å². The first-order valence-electron chi connectivity index (χ1n) is 9.52. The molecule has 0 aromatic carbocycles. The first kappa shape index (κ1) is 33.3. The van der Waals surface area contributed by atoms with Crippen molar-refractivity contribution >= 4 is 44.6 Å². The fraction of sp³-hybridized carbons (Fsp3) is 0.867. The van der Waals surface area contributed by atoms with Gasteiger partial charge in [-0.25, -0.2) is 0 Å². The molecular formula is C15H36B2O10P2. The molecule has 29 heavy (non-hydrogen) atoms.